The molecule has 1 unspecified atom stereocenters. The fraction of sp³-hybridized carbons (Fsp3) is 0.217. The highest BCUT2D eigenvalue weighted by Crippen LogP contribution is 2.36. The van der Waals surface area contributed by atoms with Crippen molar-refractivity contribution in [2.24, 2.45) is 0 Å². The summed E-state index contributed by atoms with van der Waals surface area (Å²) in [6.45, 7) is 1.68. The van der Waals surface area contributed by atoms with E-state index < -0.39 is 53.3 Å². The van der Waals surface area contributed by atoms with E-state index in [1.807, 2.05) is 0 Å². The van der Waals surface area contributed by atoms with Crippen LogP contribution >= 0.6 is 0 Å². The van der Waals surface area contributed by atoms with E-state index in [4.69, 9.17) is 9.90 Å². The van der Waals surface area contributed by atoms with Crippen molar-refractivity contribution in [3.8, 4) is 0 Å². The van der Waals surface area contributed by atoms with Gasteiger partial charge in [-0.3, -0.25) is 14.8 Å². The van der Waals surface area contributed by atoms with Crippen molar-refractivity contribution >= 4 is 11.9 Å². The number of nitrogens with one attached hydrogen (secondary N) is 1. The molecule has 2 N–H and O–H groups in total. The second-order valence-corrected chi connectivity index (χ2v) is 7.51. The zero-order valence-corrected chi connectivity index (χ0v) is 18.9. The Morgan fingerprint density at radius 3 is 1.95 bits per heavy atom. The van der Waals surface area contributed by atoms with Gasteiger partial charge in [0, 0.05) is 18.6 Å². The smallest absolute Gasteiger partial charge is 0.475 e. The number of carbonyl (C=O) groups is 2. The third-order valence-corrected chi connectivity index (χ3v) is 4.64. The lowest BCUT2D eigenvalue weighted by Gasteiger charge is -2.23. The topological polar surface area (TPSA) is 92.2 Å². The van der Waals surface area contributed by atoms with Gasteiger partial charge in [-0.1, -0.05) is 12.1 Å². The Balaban J connectivity index is 0.000000638. The molecule has 0 spiro atoms. The number of carboxylic acids is 1. The normalized spacial score (nSPS) is 12.7. The van der Waals surface area contributed by atoms with Crippen LogP contribution in [0.4, 0.5) is 39.5 Å². The van der Waals surface area contributed by atoms with Crippen LogP contribution in [0.15, 0.2) is 61.1 Å². The molecule has 0 radical (unpaired) electrons. The van der Waals surface area contributed by atoms with Gasteiger partial charge in [0.2, 0.25) is 0 Å². The largest absolute Gasteiger partial charge is 0.490 e. The van der Waals surface area contributed by atoms with Crippen LogP contribution in [0.2, 0.25) is 0 Å². The standard InChI is InChI=1S/C21H15F6N3O.C2HF3O2/c1-12-9-14(11-28-10-12)19(31)30-17(13-4-6-15(7-5-13)20(22,23)24)18-16(21(25,26)27)3-2-8-29-18;3-2(4,5)1(6)7/h2-11,17H,1H3,(H,30,31);(H,6,7). The number of aliphatic carboxylic acids is 1. The van der Waals surface area contributed by atoms with Crippen molar-refractivity contribution < 1.29 is 54.2 Å². The summed E-state index contributed by atoms with van der Waals surface area (Å²) >= 11 is 0. The minimum absolute atomic E-state index is 0.00571. The van der Waals surface area contributed by atoms with Crippen LogP contribution in [0, 0.1) is 6.92 Å². The molecule has 3 rings (SSSR count). The molecule has 3 aromatic rings. The fourth-order valence-electron chi connectivity index (χ4n) is 2.95. The first-order valence-electron chi connectivity index (χ1n) is 10.1. The van der Waals surface area contributed by atoms with E-state index in [9.17, 15) is 44.3 Å². The van der Waals surface area contributed by atoms with Gasteiger partial charge >= 0.3 is 24.5 Å². The lowest BCUT2D eigenvalue weighted by atomic mass is 9.97. The van der Waals surface area contributed by atoms with E-state index in [0.717, 1.165) is 42.6 Å². The lowest BCUT2D eigenvalue weighted by Crippen LogP contribution is -2.32. The lowest BCUT2D eigenvalue weighted by molar-refractivity contribution is -0.192. The van der Waals surface area contributed by atoms with Gasteiger partial charge < -0.3 is 10.4 Å². The highest BCUT2D eigenvalue weighted by molar-refractivity contribution is 5.94. The maximum absolute atomic E-state index is 13.5. The molecule has 1 aromatic carbocycles. The summed E-state index contributed by atoms with van der Waals surface area (Å²) in [6.07, 6.45) is -10.7. The number of alkyl halides is 9. The van der Waals surface area contributed by atoms with Crippen molar-refractivity contribution in [3.63, 3.8) is 0 Å². The third-order valence-electron chi connectivity index (χ3n) is 4.64. The van der Waals surface area contributed by atoms with Gasteiger partial charge in [0.05, 0.1) is 28.4 Å². The zero-order valence-electron chi connectivity index (χ0n) is 18.9. The van der Waals surface area contributed by atoms with Gasteiger partial charge in [0.1, 0.15) is 0 Å². The molecule has 0 saturated carbocycles. The number of aryl methyl sites for hydroxylation is 1. The first-order valence-corrected chi connectivity index (χ1v) is 10.1. The highest BCUT2D eigenvalue weighted by Gasteiger charge is 2.39. The van der Waals surface area contributed by atoms with E-state index in [-0.39, 0.29) is 11.1 Å². The molecule has 0 bridgehead atoms. The van der Waals surface area contributed by atoms with Gasteiger partial charge in [-0.2, -0.15) is 39.5 Å². The zero-order chi connectivity index (χ0) is 28.9. The Morgan fingerprint density at radius 1 is 0.895 bits per heavy atom. The molecule has 2 heterocycles. The first kappa shape index (κ1) is 30.1. The molecule has 38 heavy (non-hydrogen) atoms. The molecular weight excluding hydrogens is 537 g/mol. The van der Waals surface area contributed by atoms with E-state index >= 15 is 0 Å². The summed E-state index contributed by atoms with van der Waals surface area (Å²) in [5, 5.41) is 9.57. The number of carboxylic acid groups (broad SMARTS) is 1. The molecule has 2 aromatic heterocycles. The van der Waals surface area contributed by atoms with Crippen LogP contribution in [0.3, 0.4) is 0 Å². The van der Waals surface area contributed by atoms with Crippen LogP contribution in [0.5, 0.6) is 0 Å². The summed E-state index contributed by atoms with van der Waals surface area (Å²) in [5.41, 5.74) is -1.88. The number of amides is 1. The molecule has 1 amide bonds. The molecular formula is C23H16F9N3O3. The molecule has 0 aliphatic rings. The molecule has 0 saturated heterocycles. The monoisotopic (exact) mass is 553 g/mol. The number of benzene rings is 1. The minimum Gasteiger partial charge on any atom is -0.475 e. The Bertz CT molecular complexity index is 1270. The van der Waals surface area contributed by atoms with E-state index in [2.05, 4.69) is 15.3 Å². The highest BCUT2D eigenvalue weighted by atomic mass is 19.4. The van der Waals surface area contributed by atoms with Gasteiger partial charge in [0.15, 0.2) is 0 Å². The number of carbonyl (C=O) groups excluding carboxylic acids is 1. The predicted molar refractivity (Wildman–Crippen MR) is 113 cm³/mol. The van der Waals surface area contributed by atoms with Gasteiger partial charge in [0.25, 0.3) is 5.91 Å². The maximum Gasteiger partial charge on any atom is 0.490 e. The molecule has 204 valence electrons. The predicted octanol–water partition coefficient (Wildman–Crippen LogP) is 5.98. The van der Waals surface area contributed by atoms with E-state index in [1.165, 1.54) is 18.5 Å². The number of pyridine rings is 2. The number of aromatic nitrogens is 2. The SMILES string of the molecule is Cc1cncc(C(=O)NC(c2ccc(C(F)(F)F)cc2)c2ncccc2C(F)(F)F)c1.O=C(O)C(F)(F)F. The first-order chi connectivity index (χ1) is 17.4. The van der Waals surface area contributed by atoms with Crippen LogP contribution in [0.25, 0.3) is 0 Å². The van der Waals surface area contributed by atoms with E-state index in [0.29, 0.717) is 5.56 Å². The molecule has 0 aliphatic carbocycles. The second-order valence-electron chi connectivity index (χ2n) is 7.51. The third kappa shape index (κ3) is 8.18. The fourth-order valence-corrected chi connectivity index (χ4v) is 2.95. The molecule has 0 aliphatic heterocycles. The van der Waals surface area contributed by atoms with Crippen LogP contribution in [-0.4, -0.2) is 33.1 Å². The van der Waals surface area contributed by atoms with Crippen molar-refractivity contribution in [1.29, 1.82) is 0 Å². The number of nitrogens with zero attached hydrogens (tertiary/aromatic N) is 2. The minimum atomic E-state index is -5.08. The second kappa shape index (κ2) is 11.5. The average molecular weight is 553 g/mol. The number of hydrogen-bond donors (Lipinski definition) is 2. The molecule has 6 nitrogen and oxygen atoms in total. The number of halogens is 9. The Hall–Kier alpha value is -4.17. The molecule has 15 heteroatoms. The van der Waals surface area contributed by atoms with E-state index in [1.54, 1.807) is 6.92 Å². The quantitative estimate of drug-likeness (QED) is 0.388. The number of hydrogen-bond acceptors (Lipinski definition) is 4. The summed E-state index contributed by atoms with van der Waals surface area (Å²) in [6, 6.07) is 5.40. The summed E-state index contributed by atoms with van der Waals surface area (Å²) < 4.78 is 111. The number of rotatable bonds is 4. The maximum atomic E-state index is 13.5. The summed E-state index contributed by atoms with van der Waals surface area (Å²) in [4.78, 5) is 29.3. The summed E-state index contributed by atoms with van der Waals surface area (Å²) in [5.74, 6) is -3.51. The Kier molecular flexibility index (Phi) is 9.08. The molecule has 1 atom stereocenters. The van der Waals surface area contributed by atoms with Gasteiger partial charge in [-0.25, -0.2) is 4.79 Å². The van der Waals surface area contributed by atoms with Crippen LogP contribution < -0.4 is 5.32 Å². The molecule has 0 fully saturated rings. The van der Waals surface area contributed by atoms with Gasteiger partial charge in [-0.05, 0) is 48.4 Å². The van der Waals surface area contributed by atoms with Crippen molar-refractivity contribution in [3.05, 3.63) is 94.6 Å². The van der Waals surface area contributed by atoms with Crippen molar-refractivity contribution in [2.75, 3.05) is 0 Å². The average Bonchev–Trinajstić information content (AvgIpc) is 2.81. The van der Waals surface area contributed by atoms with Crippen LogP contribution in [0.1, 0.15) is 44.3 Å². The Labute approximate surface area is 208 Å². The summed E-state index contributed by atoms with van der Waals surface area (Å²) in [7, 11) is 0. The van der Waals surface area contributed by atoms with Crippen molar-refractivity contribution in [2.45, 2.75) is 31.5 Å². The van der Waals surface area contributed by atoms with Crippen molar-refractivity contribution in [1.82, 2.24) is 15.3 Å². The Morgan fingerprint density at radius 2 is 1.47 bits per heavy atom. The van der Waals surface area contributed by atoms with Crippen LogP contribution in [-0.2, 0) is 17.1 Å². The van der Waals surface area contributed by atoms with Gasteiger partial charge in [-0.15, -0.1) is 0 Å².